The molecule has 0 aromatic heterocycles. The lowest BCUT2D eigenvalue weighted by atomic mass is 9.77. The van der Waals surface area contributed by atoms with Crippen molar-refractivity contribution in [3.8, 4) is 5.75 Å². The SMILES string of the molecule is CCC1(CO)CCN(CC(O)COc2c(C)ccc(C)c2C)CC1. The van der Waals surface area contributed by atoms with E-state index in [1.165, 1.54) is 5.56 Å². The Morgan fingerprint density at radius 3 is 2.38 bits per heavy atom. The first kappa shape index (κ1) is 19.2. The maximum Gasteiger partial charge on any atom is 0.125 e. The number of benzene rings is 1. The normalized spacial score (nSPS) is 19.2. The molecule has 0 aliphatic carbocycles. The molecule has 1 atom stereocenters. The molecule has 0 saturated carbocycles. The molecule has 1 saturated heterocycles. The summed E-state index contributed by atoms with van der Waals surface area (Å²) in [4.78, 5) is 2.29. The van der Waals surface area contributed by atoms with Gasteiger partial charge in [0.2, 0.25) is 0 Å². The molecule has 0 radical (unpaired) electrons. The lowest BCUT2D eigenvalue weighted by Crippen LogP contribution is -2.45. The van der Waals surface area contributed by atoms with Crippen LogP contribution in [0.5, 0.6) is 5.75 Å². The number of hydrogen-bond acceptors (Lipinski definition) is 4. The molecular weight excluding hydrogens is 302 g/mol. The van der Waals surface area contributed by atoms with Crippen LogP contribution in [0.3, 0.4) is 0 Å². The molecular formula is C20H33NO3. The maximum atomic E-state index is 10.3. The Balaban J connectivity index is 1.83. The van der Waals surface area contributed by atoms with E-state index < -0.39 is 6.10 Å². The van der Waals surface area contributed by atoms with Gasteiger partial charge in [-0.1, -0.05) is 19.1 Å². The number of nitrogens with zero attached hydrogens (tertiary/aromatic N) is 1. The van der Waals surface area contributed by atoms with E-state index in [0.29, 0.717) is 13.2 Å². The zero-order valence-electron chi connectivity index (χ0n) is 15.6. The highest BCUT2D eigenvalue weighted by Crippen LogP contribution is 2.34. The number of β-amino-alcohol motifs (C(OH)–C–C–N with tert-alkyl or cyclic N) is 1. The van der Waals surface area contributed by atoms with Gasteiger partial charge >= 0.3 is 0 Å². The van der Waals surface area contributed by atoms with E-state index in [9.17, 15) is 10.2 Å². The van der Waals surface area contributed by atoms with E-state index in [4.69, 9.17) is 4.74 Å². The van der Waals surface area contributed by atoms with Crippen LogP contribution >= 0.6 is 0 Å². The van der Waals surface area contributed by atoms with Crippen LogP contribution in [0.4, 0.5) is 0 Å². The number of aliphatic hydroxyl groups is 2. The number of hydrogen-bond donors (Lipinski definition) is 2. The second-order valence-electron chi connectivity index (χ2n) is 7.43. The largest absolute Gasteiger partial charge is 0.490 e. The molecule has 0 bridgehead atoms. The molecule has 1 aliphatic rings. The number of ether oxygens (including phenoxy) is 1. The fourth-order valence-electron chi connectivity index (χ4n) is 3.51. The van der Waals surface area contributed by atoms with E-state index in [1.807, 2.05) is 6.92 Å². The summed E-state index contributed by atoms with van der Waals surface area (Å²) in [5.74, 6) is 0.901. The molecule has 0 amide bonds. The monoisotopic (exact) mass is 335 g/mol. The van der Waals surface area contributed by atoms with Crippen molar-refractivity contribution in [3.05, 3.63) is 28.8 Å². The van der Waals surface area contributed by atoms with Crippen molar-refractivity contribution in [1.82, 2.24) is 4.90 Å². The van der Waals surface area contributed by atoms with Crippen LogP contribution in [0, 0.1) is 26.2 Å². The zero-order valence-corrected chi connectivity index (χ0v) is 15.6. The summed E-state index contributed by atoms with van der Waals surface area (Å²) in [6, 6.07) is 4.16. The highest BCUT2D eigenvalue weighted by Gasteiger charge is 2.32. The Morgan fingerprint density at radius 2 is 1.79 bits per heavy atom. The summed E-state index contributed by atoms with van der Waals surface area (Å²) in [7, 11) is 0. The fourth-order valence-corrected chi connectivity index (χ4v) is 3.51. The van der Waals surface area contributed by atoms with Crippen LogP contribution in [0.2, 0.25) is 0 Å². The van der Waals surface area contributed by atoms with Gasteiger partial charge in [0.05, 0.1) is 0 Å². The molecule has 1 unspecified atom stereocenters. The number of likely N-dealkylation sites (tertiary alicyclic amines) is 1. The van der Waals surface area contributed by atoms with Gasteiger partial charge in [-0.2, -0.15) is 0 Å². The van der Waals surface area contributed by atoms with Crippen LogP contribution in [-0.4, -0.2) is 54.1 Å². The van der Waals surface area contributed by atoms with Crippen molar-refractivity contribution in [2.24, 2.45) is 5.41 Å². The van der Waals surface area contributed by atoms with Gasteiger partial charge in [-0.25, -0.2) is 0 Å². The summed E-state index contributed by atoms with van der Waals surface area (Å²) in [5.41, 5.74) is 3.56. The summed E-state index contributed by atoms with van der Waals surface area (Å²) < 4.78 is 5.92. The Kier molecular flexibility index (Phi) is 6.67. The Bertz CT molecular complexity index is 530. The Morgan fingerprint density at radius 1 is 1.17 bits per heavy atom. The van der Waals surface area contributed by atoms with Gasteiger partial charge in [-0.15, -0.1) is 0 Å². The molecule has 1 aromatic carbocycles. The van der Waals surface area contributed by atoms with Gasteiger partial charge in [0.1, 0.15) is 18.5 Å². The van der Waals surface area contributed by atoms with E-state index >= 15 is 0 Å². The maximum absolute atomic E-state index is 10.3. The zero-order chi connectivity index (χ0) is 17.7. The first-order chi connectivity index (χ1) is 11.4. The van der Waals surface area contributed by atoms with Crippen LogP contribution in [0.15, 0.2) is 12.1 Å². The Hall–Kier alpha value is -1.10. The van der Waals surface area contributed by atoms with Crippen molar-refractivity contribution in [2.45, 2.75) is 53.1 Å². The third kappa shape index (κ3) is 4.50. The molecule has 24 heavy (non-hydrogen) atoms. The molecule has 2 N–H and O–H groups in total. The molecule has 1 aromatic rings. The van der Waals surface area contributed by atoms with E-state index in [0.717, 1.165) is 49.2 Å². The molecule has 4 nitrogen and oxygen atoms in total. The minimum Gasteiger partial charge on any atom is -0.490 e. The van der Waals surface area contributed by atoms with Crippen molar-refractivity contribution in [1.29, 1.82) is 0 Å². The molecule has 4 heteroatoms. The summed E-state index contributed by atoms with van der Waals surface area (Å²) in [5, 5.41) is 19.9. The van der Waals surface area contributed by atoms with Crippen molar-refractivity contribution >= 4 is 0 Å². The Labute approximate surface area is 146 Å². The lowest BCUT2D eigenvalue weighted by Gasteiger charge is -2.40. The van der Waals surface area contributed by atoms with Crippen LogP contribution < -0.4 is 4.74 Å². The number of rotatable bonds is 7. The van der Waals surface area contributed by atoms with Crippen LogP contribution in [0.25, 0.3) is 0 Å². The van der Waals surface area contributed by atoms with Crippen LogP contribution in [-0.2, 0) is 0 Å². The predicted molar refractivity (Wildman–Crippen MR) is 97.6 cm³/mol. The summed E-state index contributed by atoms with van der Waals surface area (Å²) >= 11 is 0. The minimum atomic E-state index is -0.493. The molecule has 1 heterocycles. The quantitative estimate of drug-likeness (QED) is 0.804. The van der Waals surface area contributed by atoms with E-state index in [2.05, 4.69) is 37.8 Å². The van der Waals surface area contributed by atoms with Gasteiger partial charge in [-0.05, 0) is 75.2 Å². The molecule has 136 valence electrons. The second-order valence-corrected chi connectivity index (χ2v) is 7.43. The average molecular weight is 335 g/mol. The van der Waals surface area contributed by atoms with Crippen molar-refractivity contribution < 1.29 is 14.9 Å². The van der Waals surface area contributed by atoms with Gasteiger partial charge in [0.15, 0.2) is 0 Å². The molecule has 1 aliphatic heterocycles. The highest BCUT2D eigenvalue weighted by molar-refractivity contribution is 5.44. The topological polar surface area (TPSA) is 52.9 Å². The van der Waals surface area contributed by atoms with Gasteiger partial charge in [0, 0.05) is 13.2 Å². The lowest BCUT2D eigenvalue weighted by molar-refractivity contribution is 0.0120. The van der Waals surface area contributed by atoms with E-state index in [-0.39, 0.29) is 12.0 Å². The number of piperidine rings is 1. The van der Waals surface area contributed by atoms with Crippen molar-refractivity contribution in [3.63, 3.8) is 0 Å². The molecule has 1 fully saturated rings. The summed E-state index contributed by atoms with van der Waals surface area (Å²) in [6.07, 6.45) is 2.54. The standard InChI is InChI=1S/C20H33NO3/c1-5-20(14-22)8-10-21(11-9-20)12-18(23)13-24-19-16(3)7-6-15(2)17(19)4/h6-7,18,22-23H,5,8-14H2,1-4H3. The highest BCUT2D eigenvalue weighted by atomic mass is 16.5. The van der Waals surface area contributed by atoms with E-state index in [1.54, 1.807) is 0 Å². The second kappa shape index (κ2) is 8.32. The van der Waals surface area contributed by atoms with Gasteiger partial charge in [-0.3, -0.25) is 0 Å². The third-order valence-electron chi connectivity index (χ3n) is 5.76. The molecule has 0 spiro atoms. The number of aliphatic hydroxyl groups excluding tert-OH is 2. The first-order valence-electron chi connectivity index (χ1n) is 9.11. The van der Waals surface area contributed by atoms with Gasteiger partial charge < -0.3 is 19.8 Å². The third-order valence-corrected chi connectivity index (χ3v) is 5.76. The minimum absolute atomic E-state index is 0.0910. The fraction of sp³-hybridized carbons (Fsp3) is 0.700. The number of aryl methyl sites for hydroxylation is 2. The van der Waals surface area contributed by atoms with Crippen LogP contribution in [0.1, 0.15) is 42.9 Å². The first-order valence-corrected chi connectivity index (χ1v) is 9.11. The predicted octanol–water partition coefficient (Wildman–Crippen LogP) is 2.84. The average Bonchev–Trinajstić information content (AvgIpc) is 2.59. The molecule has 2 rings (SSSR count). The van der Waals surface area contributed by atoms with Crippen molar-refractivity contribution in [2.75, 3.05) is 32.8 Å². The smallest absolute Gasteiger partial charge is 0.125 e. The summed E-state index contributed by atoms with van der Waals surface area (Å²) in [6.45, 7) is 11.4. The van der Waals surface area contributed by atoms with Gasteiger partial charge in [0.25, 0.3) is 0 Å².